The zero-order valence-corrected chi connectivity index (χ0v) is 24.9. The molecule has 0 radical (unpaired) electrons. The molecule has 5 aromatic heterocycles. The molecule has 1 fully saturated rings. The fraction of sp³-hybridized carbons (Fsp3) is 0.265. The average molecular weight is 605 g/mol. The van der Waals surface area contributed by atoms with Crippen molar-refractivity contribution in [1.29, 1.82) is 0 Å². The van der Waals surface area contributed by atoms with Crippen molar-refractivity contribution in [2.24, 2.45) is 0 Å². The Morgan fingerprint density at radius 1 is 0.956 bits per heavy atom. The van der Waals surface area contributed by atoms with Crippen molar-refractivity contribution in [3.05, 3.63) is 73.2 Å². The van der Waals surface area contributed by atoms with E-state index < -0.39 is 0 Å². The van der Waals surface area contributed by atoms with Crippen molar-refractivity contribution in [3.63, 3.8) is 0 Å². The number of amides is 1. The number of hydrogen-bond acceptors (Lipinski definition) is 7. The lowest BCUT2D eigenvalue weighted by atomic mass is 10.0. The molecule has 6 aromatic rings. The van der Waals surface area contributed by atoms with Gasteiger partial charge in [-0.15, -0.1) is 0 Å². The van der Waals surface area contributed by atoms with Gasteiger partial charge in [0.15, 0.2) is 5.65 Å². The number of anilines is 1. The standard InChI is InChI=1S/C34H33FN8O2/c1-2-5-32(44)39-25-11-22(16-36-18-25)23-13-28-33(41-42-34(28)38-17-23)30-15-27-29(19-37-20-31(27)40-30)21-10-24(35)14-26(12-21)45-9-8-43-6-3-4-7-43/h10-20,40H,2-9H2,1H3,(H,39,44)(H,38,41,42). The Hall–Kier alpha value is -5.16. The largest absolute Gasteiger partial charge is 0.492 e. The first-order valence-electron chi connectivity index (χ1n) is 15.3. The summed E-state index contributed by atoms with van der Waals surface area (Å²) in [6.07, 6.45) is 12.3. The smallest absolute Gasteiger partial charge is 0.224 e. The molecule has 1 amide bonds. The van der Waals surface area contributed by atoms with Gasteiger partial charge in [0, 0.05) is 65.1 Å². The highest BCUT2D eigenvalue weighted by Gasteiger charge is 2.17. The number of benzene rings is 1. The number of halogens is 1. The second-order valence-corrected chi connectivity index (χ2v) is 11.4. The van der Waals surface area contributed by atoms with Gasteiger partial charge in [-0.25, -0.2) is 9.37 Å². The molecule has 228 valence electrons. The van der Waals surface area contributed by atoms with Gasteiger partial charge < -0.3 is 15.0 Å². The van der Waals surface area contributed by atoms with Crippen molar-refractivity contribution in [1.82, 2.24) is 35.0 Å². The Kier molecular flexibility index (Phi) is 7.91. The number of H-pyrrole nitrogens is 2. The molecular formula is C34H33FN8O2. The molecule has 0 bridgehead atoms. The molecule has 45 heavy (non-hydrogen) atoms. The van der Waals surface area contributed by atoms with Crippen LogP contribution in [-0.2, 0) is 4.79 Å². The lowest BCUT2D eigenvalue weighted by Crippen LogP contribution is -2.25. The van der Waals surface area contributed by atoms with E-state index in [1.807, 2.05) is 31.2 Å². The number of aromatic amines is 2. The van der Waals surface area contributed by atoms with Crippen LogP contribution in [0.4, 0.5) is 10.1 Å². The second kappa shape index (κ2) is 12.4. The van der Waals surface area contributed by atoms with E-state index in [2.05, 4.69) is 40.3 Å². The Balaban J connectivity index is 1.19. The molecule has 0 spiro atoms. The minimum absolute atomic E-state index is 0.0469. The van der Waals surface area contributed by atoms with Gasteiger partial charge in [-0.05, 0) is 68.2 Å². The van der Waals surface area contributed by atoms with E-state index in [1.165, 1.54) is 25.0 Å². The summed E-state index contributed by atoms with van der Waals surface area (Å²) < 4.78 is 20.7. The highest BCUT2D eigenvalue weighted by atomic mass is 19.1. The molecule has 0 unspecified atom stereocenters. The summed E-state index contributed by atoms with van der Waals surface area (Å²) in [5.41, 5.74) is 6.66. The summed E-state index contributed by atoms with van der Waals surface area (Å²) in [7, 11) is 0. The topological polar surface area (TPSA) is 125 Å². The molecule has 0 saturated carbocycles. The van der Waals surface area contributed by atoms with E-state index in [4.69, 9.17) is 4.74 Å². The number of aromatic nitrogens is 6. The van der Waals surface area contributed by atoms with Crippen LogP contribution in [0.1, 0.15) is 32.6 Å². The first-order chi connectivity index (χ1) is 22.0. The third kappa shape index (κ3) is 6.12. The zero-order valence-electron chi connectivity index (χ0n) is 24.9. The average Bonchev–Trinajstić information content (AvgIpc) is 3.80. The van der Waals surface area contributed by atoms with E-state index in [9.17, 15) is 9.18 Å². The number of fused-ring (bicyclic) bond motifs is 2. The van der Waals surface area contributed by atoms with E-state index >= 15 is 0 Å². The quantitative estimate of drug-likeness (QED) is 0.161. The van der Waals surface area contributed by atoms with Crippen LogP contribution in [0.5, 0.6) is 5.75 Å². The Labute approximate surface area is 259 Å². The monoisotopic (exact) mass is 604 g/mol. The van der Waals surface area contributed by atoms with Crippen LogP contribution in [0.25, 0.3) is 55.6 Å². The molecule has 1 aromatic carbocycles. The van der Waals surface area contributed by atoms with Crippen molar-refractivity contribution >= 4 is 33.5 Å². The van der Waals surface area contributed by atoms with Crippen molar-refractivity contribution in [3.8, 4) is 39.4 Å². The van der Waals surface area contributed by atoms with Gasteiger partial charge in [-0.2, -0.15) is 5.10 Å². The lowest BCUT2D eigenvalue weighted by molar-refractivity contribution is -0.116. The van der Waals surface area contributed by atoms with Gasteiger partial charge >= 0.3 is 0 Å². The number of hydrogen-bond donors (Lipinski definition) is 3. The van der Waals surface area contributed by atoms with Gasteiger partial charge in [0.2, 0.25) is 5.91 Å². The molecule has 6 heterocycles. The van der Waals surface area contributed by atoms with Crippen LogP contribution < -0.4 is 10.1 Å². The highest BCUT2D eigenvalue weighted by Crippen LogP contribution is 2.35. The number of nitrogens with zero attached hydrogens (tertiary/aromatic N) is 5. The summed E-state index contributed by atoms with van der Waals surface area (Å²) in [5, 5.41) is 12.2. The minimum Gasteiger partial charge on any atom is -0.492 e. The molecule has 3 N–H and O–H groups in total. The fourth-order valence-electron chi connectivity index (χ4n) is 5.90. The summed E-state index contributed by atoms with van der Waals surface area (Å²) >= 11 is 0. The first-order valence-corrected chi connectivity index (χ1v) is 15.3. The Morgan fingerprint density at radius 3 is 2.67 bits per heavy atom. The number of ether oxygens (including phenoxy) is 1. The van der Waals surface area contributed by atoms with Gasteiger partial charge in [-0.1, -0.05) is 6.92 Å². The number of carbonyl (C=O) groups excluding carboxylic acids is 1. The van der Waals surface area contributed by atoms with Crippen LogP contribution in [0.2, 0.25) is 0 Å². The van der Waals surface area contributed by atoms with Crippen LogP contribution >= 0.6 is 0 Å². The van der Waals surface area contributed by atoms with Gasteiger partial charge in [0.1, 0.15) is 18.2 Å². The van der Waals surface area contributed by atoms with Crippen LogP contribution in [0.3, 0.4) is 0 Å². The summed E-state index contributed by atoms with van der Waals surface area (Å²) in [4.78, 5) is 31.3. The van der Waals surface area contributed by atoms with Crippen LogP contribution in [-0.4, -0.2) is 67.2 Å². The molecular weight excluding hydrogens is 571 g/mol. The molecule has 1 aliphatic heterocycles. The predicted molar refractivity (Wildman–Crippen MR) is 172 cm³/mol. The number of pyridine rings is 3. The van der Waals surface area contributed by atoms with Crippen LogP contribution in [0, 0.1) is 5.82 Å². The van der Waals surface area contributed by atoms with Crippen LogP contribution in [0.15, 0.2) is 67.4 Å². The maximum atomic E-state index is 14.8. The maximum Gasteiger partial charge on any atom is 0.224 e. The second-order valence-electron chi connectivity index (χ2n) is 11.4. The molecule has 7 rings (SSSR count). The molecule has 1 aliphatic rings. The third-order valence-electron chi connectivity index (χ3n) is 8.11. The first kappa shape index (κ1) is 28.6. The molecule has 10 nitrogen and oxygen atoms in total. The number of rotatable bonds is 10. The molecule has 0 aliphatic carbocycles. The Morgan fingerprint density at radius 2 is 1.80 bits per heavy atom. The number of likely N-dealkylation sites (tertiary alicyclic amines) is 1. The van der Waals surface area contributed by atoms with E-state index in [1.54, 1.807) is 31.0 Å². The summed E-state index contributed by atoms with van der Waals surface area (Å²) in [6.45, 7) is 5.49. The van der Waals surface area contributed by atoms with Gasteiger partial charge in [0.25, 0.3) is 0 Å². The highest BCUT2D eigenvalue weighted by molar-refractivity contribution is 6.01. The van der Waals surface area contributed by atoms with Gasteiger partial charge in [0.05, 0.1) is 35.0 Å². The third-order valence-corrected chi connectivity index (χ3v) is 8.11. The lowest BCUT2D eigenvalue weighted by Gasteiger charge is -2.15. The van der Waals surface area contributed by atoms with Gasteiger partial charge in [-0.3, -0.25) is 24.8 Å². The molecule has 0 atom stereocenters. The number of nitrogens with one attached hydrogen (secondary N) is 3. The fourth-order valence-corrected chi connectivity index (χ4v) is 5.90. The summed E-state index contributed by atoms with van der Waals surface area (Å²) in [6, 6.07) is 10.7. The van der Waals surface area contributed by atoms with Crippen molar-refractivity contribution in [2.45, 2.75) is 32.6 Å². The SMILES string of the molecule is CCCC(=O)Nc1cncc(-c2cnc3n[nH]c(-c4cc5c(-c6cc(F)cc(OCCN7CCCC7)c6)cncc5[nH]4)c3c2)c1. The van der Waals surface area contributed by atoms with E-state index in [0.29, 0.717) is 35.7 Å². The van der Waals surface area contributed by atoms with E-state index in [0.717, 1.165) is 70.4 Å². The maximum absolute atomic E-state index is 14.8. The van der Waals surface area contributed by atoms with Crippen molar-refractivity contribution < 1.29 is 13.9 Å². The van der Waals surface area contributed by atoms with E-state index in [-0.39, 0.29) is 11.7 Å². The minimum atomic E-state index is -0.363. The Bertz CT molecular complexity index is 2000. The normalized spacial score (nSPS) is 13.6. The zero-order chi connectivity index (χ0) is 30.8. The summed E-state index contributed by atoms with van der Waals surface area (Å²) in [5.74, 6) is 0.0889. The molecule has 11 heteroatoms. The molecule has 1 saturated heterocycles. The van der Waals surface area contributed by atoms with Crippen molar-refractivity contribution in [2.75, 3.05) is 31.6 Å². The predicted octanol–water partition coefficient (Wildman–Crippen LogP) is 6.58. The number of carbonyl (C=O) groups is 1.